The van der Waals surface area contributed by atoms with E-state index >= 15 is 0 Å². The minimum Gasteiger partial charge on any atom is -0.387 e. The summed E-state index contributed by atoms with van der Waals surface area (Å²) in [7, 11) is -4.10. The van der Waals surface area contributed by atoms with Gasteiger partial charge in [0.2, 0.25) is 0 Å². The van der Waals surface area contributed by atoms with Crippen molar-refractivity contribution in [2.45, 2.75) is 17.9 Å². The van der Waals surface area contributed by atoms with Crippen LogP contribution in [-0.2, 0) is 10.0 Å². The van der Waals surface area contributed by atoms with Crippen LogP contribution in [0.2, 0.25) is 0 Å². The molecule has 1 amide bonds. The van der Waals surface area contributed by atoms with Gasteiger partial charge in [-0.25, -0.2) is 12.8 Å². The molecule has 0 aliphatic heterocycles. The van der Waals surface area contributed by atoms with Crippen LogP contribution in [0.25, 0.3) is 0 Å². The summed E-state index contributed by atoms with van der Waals surface area (Å²) in [5.41, 5.74) is 1.17. The third-order valence-corrected chi connectivity index (χ3v) is 5.89. The van der Waals surface area contributed by atoms with E-state index in [4.69, 9.17) is 0 Å². The van der Waals surface area contributed by atoms with Crippen LogP contribution in [-0.4, -0.2) is 26.0 Å². The molecule has 0 fully saturated rings. The summed E-state index contributed by atoms with van der Waals surface area (Å²) in [5, 5.41) is 12.8. The van der Waals surface area contributed by atoms with E-state index < -0.39 is 27.9 Å². The summed E-state index contributed by atoms with van der Waals surface area (Å²) in [6, 6.07) is 18.3. The van der Waals surface area contributed by atoms with Gasteiger partial charge < -0.3 is 10.4 Å². The van der Waals surface area contributed by atoms with Crippen LogP contribution < -0.4 is 10.0 Å². The van der Waals surface area contributed by atoms with Crippen molar-refractivity contribution in [2.24, 2.45) is 0 Å². The molecule has 0 heterocycles. The van der Waals surface area contributed by atoms with E-state index in [2.05, 4.69) is 10.0 Å². The second-order valence-corrected chi connectivity index (χ2v) is 8.38. The summed E-state index contributed by atoms with van der Waals surface area (Å²) in [6.07, 6.45) is -0.898. The van der Waals surface area contributed by atoms with Crippen molar-refractivity contribution in [2.75, 3.05) is 11.3 Å². The number of hydrogen-bond donors (Lipinski definition) is 3. The number of aryl methyl sites for hydroxylation is 1. The molecule has 0 radical (unpaired) electrons. The molecule has 0 aliphatic carbocycles. The SMILES string of the molecule is Cc1ccc(S(=O)(=O)Nc2ccccc2F)cc1C(=O)NCC(O)c1ccccc1. The Labute approximate surface area is 174 Å². The number of amides is 1. The van der Waals surface area contributed by atoms with Crippen molar-refractivity contribution in [1.82, 2.24) is 5.32 Å². The number of aliphatic hydroxyl groups excluding tert-OH is 1. The van der Waals surface area contributed by atoms with Gasteiger partial charge in [0.15, 0.2) is 0 Å². The number of rotatable bonds is 7. The molecular formula is C22H21FN2O4S. The largest absolute Gasteiger partial charge is 0.387 e. The van der Waals surface area contributed by atoms with Gasteiger partial charge in [0, 0.05) is 12.1 Å². The normalized spacial score (nSPS) is 12.2. The second kappa shape index (κ2) is 9.06. The Morgan fingerprint density at radius 3 is 2.40 bits per heavy atom. The van der Waals surface area contributed by atoms with E-state index in [1.807, 2.05) is 6.07 Å². The summed E-state index contributed by atoms with van der Waals surface area (Å²) >= 11 is 0. The van der Waals surface area contributed by atoms with Crippen molar-refractivity contribution in [3.63, 3.8) is 0 Å². The summed E-state index contributed by atoms with van der Waals surface area (Å²) in [4.78, 5) is 12.4. The van der Waals surface area contributed by atoms with Gasteiger partial charge in [0.05, 0.1) is 16.7 Å². The van der Waals surface area contributed by atoms with Gasteiger partial charge in [-0.2, -0.15) is 0 Å². The molecule has 0 saturated heterocycles. The van der Waals surface area contributed by atoms with Gasteiger partial charge in [-0.05, 0) is 42.3 Å². The topological polar surface area (TPSA) is 95.5 Å². The molecule has 0 aromatic heterocycles. The number of aliphatic hydroxyl groups is 1. The van der Waals surface area contributed by atoms with E-state index in [1.165, 1.54) is 36.4 Å². The average Bonchev–Trinajstić information content (AvgIpc) is 2.74. The Hall–Kier alpha value is -3.23. The summed E-state index contributed by atoms with van der Waals surface area (Å²) in [5.74, 6) is -1.23. The van der Waals surface area contributed by atoms with Gasteiger partial charge in [0.1, 0.15) is 5.82 Å². The van der Waals surface area contributed by atoms with Crippen molar-refractivity contribution in [3.05, 3.63) is 95.3 Å². The molecule has 8 heteroatoms. The van der Waals surface area contributed by atoms with Gasteiger partial charge in [-0.15, -0.1) is 0 Å². The maximum Gasteiger partial charge on any atom is 0.262 e. The van der Waals surface area contributed by atoms with Crippen molar-refractivity contribution < 1.29 is 22.7 Å². The lowest BCUT2D eigenvalue weighted by atomic mass is 10.1. The Morgan fingerprint density at radius 2 is 1.70 bits per heavy atom. The lowest BCUT2D eigenvalue weighted by Gasteiger charge is -2.14. The highest BCUT2D eigenvalue weighted by molar-refractivity contribution is 7.92. The smallest absolute Gasteiger partial charge is 0.262 e. The zero-order chi connectivity index (χ0) is 21.7. The lowest BCUT2D eigenvalue weighted by molar-refractivity contribution is 0.0915. The van der Waals surface area contributed by atoms with E-state index in [-0.39, 0.29) is 22.7 Å². The third kappa shape index (κ3) is 5.03. The predicted octanol–water partition coefficient (Wildman–Crippen LogP) is 3.40. The zero-order valence-corrected chi connectivity index (χ0v) is 17.0. The van der Waals surface area contributed by atoms with Crippen LogP contribution in [0, 0.1) is 12.7 Å². The van der Waals surface area contributed by atoms with Crippen molar-refractivity contribution in [3.8, 4) is 0 Å². The number of carbonyl (C=O) groups excluding carboxylic acids is 1. The van der Waals surface area contributed by atoms with Gasteiger partial charge in [-0.1, -0.05) is 48.5 Å². The first-order valence-electron chi connectivity index (χ1n) is 9.17. The number of hydrogen-bond acceptors (Lipinski definition) is 4. The van der Waals surface area contributed by atoms with Crippen LogP contribution in [0.15, 0.2) is 77.7 Å². The quantitative estimate of drug-likeness (QED) is 0.538. The monoisotopic (exact) mass is 428 g/mol. The highest BCUT2D eigenvalue weighted by atomic mass is 32.2. The predicted molar refractivity (Wildman–Crippen MR) is 112 cm³/mol. The number of benzene rings is 3. The highest BCUT2D eigenvalue weighted by Gasteiger charge is 2.20. The summed E-state index contributed by atoms with van der Waals surface area (Å²) in [6.45, 7) is 1.63. The Bertz CT molecular complexity index is 1150. The van der Waals surface area contributed by atoms with Crippen LogP contribution >= 0.6 is 0 Å². The molecule has 6 nitrogen and oxygen atoms in total. The number of carbonyl (C=O) groups is 1. The summed E-state index contributed by atoms with van der Waals surface area (Å²) < 4.78 is 41.3. The molecule has 3 N–H and O–H groups in total. The fourth-order valence-corrected chi connectivity index (χ4v) is 3.93. The third-order valence-electron chi connectivity index (χ3n) is 4.52. The van der Waals surface area contributed by atoms with Crippen LogP contribution in [0.5, 0.6) is 0 Å². The number of anilines is 1. The molecular weight excluding hydrogens is 407 g/mol. The molecule has 30 heavy (non-hydrogen) atoms. The van der Waals surface area contributed by atoms with Crippen LogP contribution in [0.4, 0.5) is 10.1 Å². The molecule has 1 atom stereocenters. The van der Waals surface area contributed by atoms with Crippen LogP contribution in [0.3, 0.4) is 0 Å². The van der Waals surface area contributed by atoms with Crippen molar-refractivity contribution >= 4 is 21.6 Å². The Balaban J connectivity index is 1.77. The van der Waals surface area contributed by atoms with E-state index in [0.29, 0.717) is 11.1 Å². The van der Waals surface area contributed by atoms with Gasteiger partial charge in [-0.3, -0.25) is 9.52 Å². The number of nitrogens with one attached hydrogen (secondary N) is 2. The Kier molecular flexibility index (Phi) is 6.49. The van der Waals surface area contributed by atoms with E-state index in [0.717, 1.165) is 6.07 Å². The standard InChI is InChI=1S/C22H21FN2O4S/c1-15-11-12-17(30(28,29)25-20-10-6-5-9-19(20)23)13-18(15)22(27)24-14-21(26)16-7-3-2-4-8-16/h2-13,21,25-26H,14H2,1H3,(H,24,27). The highest BCUT2D eigenvalue weighted by Crippen LogP contribution is 2.21. The maximum atomic E-state index is 13.8. The molecule has 0 saturated carbocycles. The molecule has 0 spiro atoms. The number of sulfonamides is 1. The zero-order valence-electron chi connectivity index (χ0n) is 16.2. The average molecular weight is 428 g/mol. The number of para-hydroxylation sites is 1. The maximum absolute atomic E-state index is 13.8. The van der Waals surface area contributed by atoms with Gasteiger partial charge in [0.25, 0.3) is 15.9 Å². The van der Waals surface area contributed by atoms with E-state index in [9.17, 15) is 22.7 Å². The molecule has 1 unspecified atom stereocenters. The van der Waals surface area contributed by atoms with E-state index in [1.54, 1.807) is 31.2 Å². The first kappa shape index (κ1) is 21.5. The molecule has 3 rings (SSSR count). The number of halogens is 1. The Morgan fingerprint density at radius 1 is 1.03 bits per heavy atom. The fourth-order valence-electron chi connectivity index (χ4n) is 2.84. The molecule has 3 aromatic rings. The first-order valence-corrected chi connectivity index (χ1v) is 10.7. The molecule has 0 aliphatic rings. The lowest BCUT2D eigenvalue weighted by Crippen LogP contribution is -2.29. The molecule has 156 valence electrons. The minimum absolute atomic E-state index is 0.0350. The van der Waals surface area contributed by atoms with Crippen molar-refractivity contribution in [1.29, 1.82) is 0 Å². The van der Waals surface area contributed by atoms with Gasteiger partial charge >= 0.3 is 0 Å². The fraction of sp³-hybridized carbons (Fsp3) is 0.136. The van der Waals surface area contributed by atoms with Crippen LogP contribution in [0.1, 0.15) is 27.6 Å². The molecule has 3 aromatic carbocycles. The second-order valence-electron chi connectivity index (χ2n) is 6.70. The molecule has 0 bridgehead atoms. The minimum atomic E-state index is -4.10. The first-order chi connectivity index (χ1) is 14.3.